The second-order valence-corrected chi connectivity index (χ2v) is 5.23. The van der Waals surface area contributed by atoms with E-state index in [1.54, 1.807) is 24.3 Å². The Morgan fingerprint density at radius 2 is 1.75 bits per heavy atom. The molecule has 0 N–H and O–H groups in total. The van der Waals surface area contributed by atoms with Crippen LogP contribution in [0.2, 0.25) is 0 Å². The van der Waals surface area contributed by atoms with Crippen molar-refractivity contribution >= 4 is 0 Å². The summed E-state index contributed by atoms with van der Waals surface area (Å²) in [5.74, 6) is -2.34. The first-order valence-corrected chi connectivity index (χ1v) is 7.13. The Bertz CT molecular complexity index is 815. The summed E-state index contributed by atoms with van der Waals surface area (Å²) in [6.07, 6.45) is -4.93. The van der Waals surface area contributed by atoms with Gasteiger partial charge in [0.15, 0.2) is 0 Å². The van der Waals surface area contributed by atoms with Crippen LogP contribution in [-0.4, -0.2) is 16.3 Å². The zero-order chi connectivity index (χ0) is 17.2. The zero-order valence-electron chi connectivity index (χ0n) is 12.3. The molecule has 2 aromatic carbocycles. The molecule has 0 bridgehead atoms. The van der Waals surface area contributed by atoms with Crippen molar-refractivity contribution in [2.45, 2.75) is 18.5 Å². The average Bonchev–Trinajstić information content (AvgIpc) is 3.01. The van der Waals surface area contributed by atoms with Crippen LogP contribution in [0.3, 0.4) is 0 Å². The highest BCUT2D eigenvalue weighted by molar-refractivity contribution is 5.53. The average molecular weight is 336 g/mol. The smallest absolute Gasteiger partial charge is 0.339 e. The molecular weight excluding hydrogens is 324 g/mol. The minimum Gasteiger partial charge on any atom is -0.339 e. The molecule has 0 radical (unpaired) electrons. The molecule has 3 rings (SSSR count). The Morgan fingerprint density at radius 3 is 2.42 bits per heavy atom. The number of halogens is 4. The zero-order valence-corrected chi connectivity index (χ0v) is 12.3. The molecule has 124 valence electrons. The highest BCUT2D eigenvalue weighted by Crippen LogP contribution is 2.37. The molecule has 0 aliphatic rings. The van der Waals surface area contributed by atoms with E-state index in [-0.39, 0.29) is 17.3 Å². The third-order valence-electron chi connectivity index (χ3n) is 3.53. The number of benzene rings is 2. The van der Waals surface area contributed by atoms with Crippen molar-refractivity contribution in [3.63, 3.8) is 0 Å². The van der Waals surface area contributed by atoms with E-state index in [2.05, 4.69) is 10.1 Å². The SMILES string of the molecule is Fc1cccc(-c2noc(C[C@@H](c3ccccc3)C(F)(F)F)n2)c1. The molecule has 3 nitrogen and oxygen atoms in total. The van der Waals surface area contributed by atoms with Crippen molar-refractivity contribution < 1.29 is 22.1 Å². The molecule has 0 saturated heterocycles. The van der Waals surface area contributed by atoms with Gasteiger partial charge in [-0.2, -0.15) is 18.2 Å². The van der Waals surface area contributed by atoms with Gasteiger partial charge in [0.25, 0.3) is 0 Å². The quantitative estimate of drug-likeness (QED) is 0.645. The normalized spacial score (nSPS) is 13.0. The minimum absolute atomic E-state index is 0.0542. The first kappa shape index (κ1) is 16.2. The van der Waals surface area contributed by atoms with E-state index in [0.29, 0.717) is 5.56 Å². The van der Waals surface area contributed by atoms with Gasteiger partial charge in [0, 0.05) is 12.0 Å². The monoisotopic (exact) mass is 336 g/mol. The summed E-state index contributed by atoms with van der Waals surface area (Å²) in [4.78, 5) is 3.96. The van der Waals surface area contributed by atoms with E-state index in [9.17, 15) is 17.6 Å². The molecular formula is C17H12F4N2O. The van der Waals surface area contributed by atoms with Gasteiger partial charge in [0.2, 0.25) is 11.7 Å². The summed E-state index contributed by atoms with van der Waals surface area (Å²) in [5.41, 5.74) is 0.462. The van der Waals surface area contributed by atoms with Crippen LogP contribution in [0.5, 0.6) is 0 Å². The Morgan fingerprint density at radius 1 is 1.00 bits per heavy atom. The van der Waals surface area contributed by atoms with Gasteiger partial charge in [-0.3, -0.25) is 0 Å². The molecule has 0 fully saturated rings. The van der Waals surface area contributed by atoms with E-state index >= 15 is 0 Å². The van der Waals surface area contributed by atoms with Gasteiger partial charge in [0.05, 0.1) is 5.92 Å². The molecule has 0 amide bonds. The third-order valence-corrected chi connectivity index (χ3v) is 3.53. The second kappa shape index (κ2) is 6.43. The summed E-state index contributed by atoms with van der Waals surface area (Å²) < 4.78 is 58.1. The number of alkyl halides is 3. The van der Waals surface area contributed by atoms with E-state index in [1.165, 1.54) is 30.3 Å². The summed E-state index contributed by atoms with van der Waals surface area (Å²) in [6.45, 7) is 0. The largest absolute Gasteiger partial charge is 0.396 e. The lowest BCUT2D eigenvalue weighted by Crippen LogP contribution is -2.23. The fraction of sp³-hybridized carbons (Fsp3) is 0.176. The Balaban J connectivity index is 1.87. The van der Waals surface area contributed by atoms with Gasteiger partial charge in [-0.25, -0.2) is 4.39 Å². The van der Waals surface area contributed by atoms with E-state index < -0.39 is 24.3 Å². The molecule has 24 heavy (non-hydrogen) atoms. The molecule has 0 aliphatic heterocycles. The standard InChI is InChI=1S/C17H12F4N2O/c18-13-8-4-7-12(9-13)16-22-15(24-23-16)10-14(17(19,20)21)11-5-2-1-3-6-11/h1-9,14H,10H2/t14-/m0/s1. The summed E-state index contributed by atoms with van der Waals surface area (Å²) in [6, 6.07) is 13.0. The molecule has 0 saturated carbocycles. The van der Waals surface area contributed by atoms with Crippen molar-refractivity contribution in [1.82, 2.24) is 10.1 Å². The molecule has 3 aromatic rings. The van der Waals surface area contributed by atoms with Crippen molar-refractivity contribution in [1.29, 1.82) is 0 Å². The molecule has 0 aliphatic carbocycles. The predicted molar refractivity (Wildman–Crippen MR) is 78.6 cm³/mol. The van der Waals surface area contributed by atoms with E-state index in [4.69, 9.17) is 4.52 Å². The third kappa shape index (κ3) is 3.61. The Kier molecular flexibility index (Phi) is 4.33. The maximum Gasteiger partial charge on any atom is 0.396 e. The van der Waals surface area contributed by atoms with Crippen LogP contribution < -0.4 is 0 Å². The van der Waals surface area contributed by atoms with Crippen LogP contribution >= 0.6 is 0 Å². The van der Waals surface area contributed by atoms with Gasteiger partial charge in [-0.1, -0.05) is 47.6 Å². The van der Waals surface area contributed by atoms with Crippen molar-refractivity contribution in [2.75, 3.05) is 0 Å². The molecule has 1 atom stereocenters. The topological polar surface area (TPSA) is 38.9 Å². The summed E-state index contributed by atoms with van der Waals surface area (Å²) in [5, 5.41) is 3.64. The fourth-order valence-corrected chi connectivity index (χ4v) is 2.37. The molecule has 0 spiro atoms. The van der Waals surface area contributed by atoms with Gasteiger partial charge >= 0.3 is 6.18 Å². The van der Waals surface area contributed by atoms with Crippen LogP contribution in [0, 0.1) is 5.82 Å². The number of hydrogen-bond donors (Lipinski definition) is 0. The summed E-state index contributed by atoms with van der Waals surface area (Å²) >= 11 is 0. The van der Waals surface area contributed by atoms with Crippen molar-refractivity contribution in [2.24, 2.45) is 0 Å². The van der Waals surface area contributed by atoms with Crippen LogP contribution in [0.4, 0.5) is 17.6 Å². The van der Waals surface area contributed by atoms with E-state index in [0.717, 1.165) is 0 Å². The Hall–Kier alpha value is -2.70. The van der Waals surface area contributed by atoms with Crippen LogP contribution in [0.1, 0.15) is 17.4 Å². The highest BCUT2D eigenvalue weighted by Gasteiger charge is 2.41. The molecule has 1 heterocycles. The lowest BCUT2D eigenvalue weighted by molar-refractivity contribution is -0.151. The van der Waals surface area contributed by atoms with Crippen molar-refractivity contribution in [3.05, 3.63) is 71.9 Å². The van der Waals surface area contributed by atoms with Crippen LogP contribution in [0.25, 0.3) is 11.4 Å². The Labute approximate surface area is 134 Å². The van der Waals surface area contributed by atoms with Gasteiger partial charge in [0.1, 0.15) is 5.82 Å². The van der Waals surface area contributed by atoms with E-state index in [1.807, 2.05) is 0 Å². The van der Waals surface area contributed by atoms with Gasteiger partial charge in [-0.05, 0) is 17.7 Å². The number of rotatable bonds is 4. The van der Waals surface area contributed by atoms with Crippen LogP contribution in [0.15, 0.2) is 59.1 Å². The maximum atomic E-state index is 13.3. The highest BCUT2D eigenvalue weighted by atomic mass is 19.4. The number of hydrogen-bond acceptors (Lipinski definition) is 3. The molecule has 1 aromatic heterocycles. The summed E-state index contributed by atoms with van der Waals surface area (Å²) in [7, 11) is 0. The number of aromatic nitrogens is 2. The first-order chi connectivity index (χ1) is 11.4. The predicted octanol–water partition coefficient (Wildman–Crippen LogP) is 4.76. The van der Waals surface area contributed by atoms with Crippen LogP contribution in [-0.2, 0) is 6.42 Å². The first-order valence-electron chi connectivity index (χ1n) is 7.13. The van der Waals surface area contributed by atoms with Gasteiger partial charge in [-0.15, -0.1) is 0 Å². The van der Waals surface area contributed by atoms with Crippen molar-refractivity contribution in [3.8, 4) is 11.4 Å². The lowest BCUT2D eigenvalue weighted by Gasteiger charge is -2.18. The fourth-order valence-electron chi connectivity index (χ4n) is 2.37. The molecule has 0 unspecified atom stereocenters. The molecule has 7 heteroatoms. The second-order valence-electron chi connectivity index (χ2n) is 5.23. The lowest BCUT2D eigenvalue weighted by atomic mass is 9.95. The maximum absolute atomic E-state index is 13.3. The van der Waals surface area contributed by atoms with Gasteiger partial charge < -0.3 is 4.52 Å². The minimum atomic E-state index is -4.45. The number of nitrogens with zero attached hydrogens (tertiary/aromatic N) is 2.